The van der Waals surface area contributed by atoms with Crippen molar-refractivity contribution in [3.63, 3.8) is 0 Å². The largest absolute Gasteiger partial charge is 0.496 e. The highest BCUT2D eigenvalue weighted by Gasteiger charge is 2.01. The predicted molar refractivity (Wildman–Crippen MR) is 59.6 cm³/mol. The molecule has 0 saturated heterocycles. The predicted octanol–water partition coefficient (Wildman–Crippen LogP) is 0.414. The van der Waals surface area contributed by atoms with Crippen molar-refractivity contribution in [3.8, 4) is 17.6 Å². The zero-order valence-corrected chi connectivity index (χ0v) is 8.99. The summed E-state index contributed by atoms with van der Waals surface area (Å²) in [6, 6.07) is 5.19. The van der Waals surface area contributed by atoms with Gasteiger partial charge in [0.15, 0.2) is 0 Å². The van der Waals surface area contributed by atoms with Crippen LogP contribution in [-0.2, 0) is 11.4 Å². The fourth-order valence-electron chi connectivity index (χ4n) is 1.19. The Labute approximate surface area is 94.0 Å². The Hall–Kier alpha value is -1.99. The van der Waals surface area contributed by atoms with E-state index in [2.05, 4.69) is 11.8 Å². The first-order valence-corrected chi connectivity index (χ1v) is 4.72. The van der Waals surface area contributed by atoms with E-state index in [0.29, 0.717) is 11.3 Å². The van der Waals surface area contributed by atoms with E-state index in [4.69, 9.17) is 15.6 Å². The molecule has 4 nitrogen and oxygen atoms in total. The number of primary amides is 1. The molecule has 1 rings (SSSR count). The molecule has 0 heterocycles. The van der Waals surface area contributed by atoms with Gasteiger partial charge >= 0.3 is 0 Å². The summed E-state index contributed by atoms with van der Waals surface area (Å²) in [6.07, 6.45) is 0.0318. The van der Waals surface area contributed by atoms with Crippen molar-refractivity contribution in [3.05, 3.63) is 29.3 Å². The second-order valence-corrected chi connectivity index (χ2v) is 3.13. The van der Waals surface area contributed by atoms with E-state index >= 15 is 0 Å². The van der Waals surface area contributed by atoms with Crippen LogP contribution in [0.2, 0.25) is 0 Å². The fraction of sp³-hybridized carbons (Fsp3) is 0.250. The third kappa shape index (κ3) is 3.30. The average molecular weight is 219 g/mol. The van der Waals surface area contributed by atoms with Gasteiger partial charge in [-0.1, -0.05) is 17.9 Å². The van der Waals surface area contributed by atoms with Gasteiger partial charge in [-0.25, -0.2) is 0 Å². The van der Waals surface area contributed by atoms with E-state index in [1.54, 1.807) is 18.2 Å². The van der Waals surface area contributed by atoms with Crippen LogP contribution in [-0.4, -0.2) is 18.1 Å². The van der Waals surface area contributed by atoms with Gasteiger partial charge in [0.2, 0.25) is 5.91 Å². The van der Waals surface area contributed by atoms with Crippen molar-refractivity contribution in [2.75, 3.05) is 7.11 Å². The van der Waals surface area contributed by atoms with Crippen molar-refractivity contribution in [2.24, 2.45) is 5.73 Å². The summed E-state index contributed by atoms with van der Waals surface area (Å²) < 4.78 is 5.08. The van der Waals surface area contributed by atoms with Crippen molar-refractivity contribution in [1.82, 2.24) is 0 Å². The van der Waals surface area contributed by atoms with Gasteiger partial charge in [0.25, 0.3) is 0 Å². The molecule has 0 unspecified atom stereocenters. The Balaban J connectivity index is 2.89. The van der Waals surface area contributed by atoms with Gasteiger partial charge in [-0.2, -0.15) is 0 Å². The van der Waals surface area contributed by atoms with Crippen LogP contribution in [0.4, 0.5) is 0 Å². The first-order valence-electron chi connectivity index (χ1n) is 4.72. The summed E-state index contributed by atoms with van der Waals surface area (Å²) in [4.78, 5) is 10.5. The highest BCUT2D eigenvalue weighted by Crippen LogP contribution is 2.19. The van der Waals surface area contributed by atoms with E-state index in [-0.39, 0.29) is 13.0 Å². The van der Waals surface area contributed by atoms with Gasteiger partial charge in [0.05, 0.1) is 20.1 Å². The molecule has 0 saturated carbocycles. The van der Waals surface area contributed by atoms with Crippen molar-refractivity contribution >= 4 is 5.91 Å². The van der Waals surface area contributed by atoms with Crippen LogP contribution >= 0.6 is 0 Å². The summed E-state index contributed by atoms with van der Waals surface area (Å²) in [7, 11) is 1.52. The van der Waals surface area contributed by atoms with Crippen LogP contribution in [0, 0.1) is 11.8 Å². The quantitative estimate of drug-likeness (QED) is 0.723. The van der Waals surface area contributed by atoms with Crippen LogP contribution < -0.4 is 10.5 Å². The molecular weight excluding hydrogens is 206 g/mol. The molecule has 0 aromatic heterocycles. The number of aliphatic hydroxyl groups excluding tert-OH is 1. The number of amides is 1. The summed E-state index contributed by atoms with van der Waals surface area (Å²) in [5.74, 6) is 5.56. The van der Waals surface area contributed by atoms with E-state index < -0.39 is 5.91 Å². The van der Waals surface area contributed by atoms with Gasteiger partial charge < -0.3 is 15.6 Å². The molecule has 0 aliphatic carbocycles. The molecule has 0 aliphatic rings. The molecule has 1 aromatic carbocycles. The Morgan fingerprint density at radius 1 is 1.56 bits per heavy atom. The summed E-state index contributed by atoms with van der Waals surface area (Å²) in [6.45, 7) is -0.0852. The zero-order valence-electron chi connectivity index (χ0n) is 8.99. The lowest BCUT2D eigenvalue weighted by Gasteiger charge is -2.05. The van der Waals surface area contributed by atoms with E-state index in [1.807, 2.05) is 0 Å². The fourth-order valence-corrected chi connectivity index (χ4v) is 1.19. The average Bonchev–Trinajstić information content (AvgIpc) is 2.28. The molecule has 0 aliphatic heterocycles. The Morgan fingerprint density at radius 3 is 2.88 bits per heavy atom. The minimum absolute atomic E-state index is 0.0318. The third-order valence-electron chi connectivity index (χ3n) is 1.95. The van der Waals surface area contributed by atoms with Gasteiger partial charge in [0, 0.05) is 11.1 Å². The van der Waals surface area contributed by atoms with E-state index in [1.165, 1.54) is 7.11 Å². The molecule has 16 heavy (non-hydrogen) atoms. The van der Waals surface area contributed by atoms with Crippen LogP contribution in [0.3, 0.4) is 0 Å². The van der Waals surface area contributed by atoms with Crippen LogP contribution in [0.5, 0.6) is 5.75 Å². The molecule has 0 fully saturated rings. The van der Waals surface area contributed by atoms with Gasteiger partial charge in [-0.05, 0) is 12.1 Å². The molecule has 0 atom stereocenters. The second kappa shape index (κ2) is 5.79. The highest BCUT2D eigenvalue weighted by atomic mass is 16.5. The standard InChI is InChI=1S/C12H13NO3/c1-16-11-7-9(3-2-4-12(13)15)5-6-10(11)8-14/h5-7,14H,4,8H2,1H3,(H2,13,15). The number of hydrogen-bond acceptors (Lipinski definition) is 3. The van der Waals surface area contributed by atoms with E-state index in [0.717, 1.165) is 5.56 Å². The zero-order chi connectivity index (χ0) is 12.0. The van der Waals surface area contributed by atoms with Crippen LogP contribution in [0.15, 0.2) is 18.2 Å². The Bertz CT molecular complexity index is 443. The SMILES string of the molecule is COc1cc(C#CCC(N)=O)ccc1CO. The second-order valence-electron chi connectivity index (χ2n) is 3.13. The van der Waals surface area contributed by atoms with Gasteiger partial charge in [-0.15, -0.1) is 0 Å². The maximum Gasteiger partial charge on any atom is 0.229 e. The van der Waals surface area contributed by atoms with Gasteiger partial charge in [0.1, 0.15) is 5.75 Å². The summed E-state index contributed by atoms with van der Waals surface area (Å²) in [5, 5.41) is 9.01. The number of hydrogen-bond donors (Lipinski definition) is 2. The molecule has 84 valence electrons. The minimum Gasteiger partial charge on any atom is -0.496 e. The number of carbonyl (C=O) groups excluding carboxylic acids is 1. The van der Waals surface area contributed by atoms with Crippen molar-refractivity contribution in [2.45, 2.75) is 13.0 Å². The Morgan fingerprint density at radius 2 is 2.31 bits per heavy atom. The maximum atomic E-state index is 10.5. The molecule has 1 aromatic rings. The number of rotatable bonds is 3. The third-order valence-corrected chi connectivity index (χ3v) is 1.95. The first-order chi connectivity index (χ1) is 7.67. The molecular formula is C12H13NO3. The first kappa shape index (κ1) is 12.1. The van der Waals surface area contributed by atoms with E-state index in [9.17, 15) is 4.79 Å². The normalized spacial score (nSPS) is 9.12. The molecule has 4 heteroatoms. The lowest BCUT2D eigenvalue weighted by Crippen LogP contribution is -2.08. The van der Waals surface area contributed by atoms with Gasteiger partial charge in [-0.3, -0.25) is 4.79 Å². The number of methoxy groups -OCH3 is 1. The topological polar surface area (TPSA) is 72.5 Å². The lowest BCUT2D eigenvalue weighted by atomic mass is 10.1. The molecule has 0 spiro atoms. The lowest BCUT2D eigenvalue weighted by molar-refractivity contribution is -0.117. The highest BCUT2D eigenvalue weighted by molar-refractivity contribution is 5.76. The molecule has 0 radical (unpaired) electrons. The van der Waals surface area contributed by atoms with Crippen molar-refractivity contribution < 1.29 is 14.6 Å². The number of carbonyl (C=O) groups is 1. The minimum atomic E-state index is -0.452. The summed E-state index contributed by atoms with van der Waals surface area (Å²) >= 11 is 0. The Kier molecular flexibility index (Phi) is 4.37. The summed E-state index contributed by atoms with van der Waals surface area (Å²) in [5.41, 5.74) is 6.37. The smallest absolute Gasteiger partial charge is 0.229 e. The maximum absolute atomic E-state index is 10.5. The number of ether oxygens (including phenoxy) is 1. The molecule has 3 N–H and O–H groups in total. The number of nitrogens with two attached hydrogens (primary N) is 1. The number of benzene rings is 1. The van der Waals surface area contributed by atoms with Crippen LogP contribution in [0.1, 0.15) is 17.5 Å². The molecule has 1 amide bonds. The van der Waals surface area contributed by atoms with Crippen LogP contribution in [0.25, 0.3) is 0 Å². The number of aliphatic hydroxyl groups is 1. The molecule has 0 bridgehead atoms. The van der Waals surface area contributed by atoms with Crippen molar-refractivity contribution in [1.29, 1.82) is 0 Å². The monoisotopic (exact) mass is 219 g/mol.